The minimum absolute atomic E-state index is 0.0258. The van der Waals surface area contributed by atoms with E-state index in [4.69, 9.17) is 5.73 Å². The number of pyridine rings is 1. The highest BCUT2D eigenvalue weighted by Gasteiger charge is 2.48. The lowest BCUT2D eigenvalue weighted by atomic mass is 9.81. The number of aromatic nitrogens is 1. The van der Waals surface area contributed by atoms with Gasteiger partial charge in [-0.1, -0.05) is 31.2 Å². The van der Waals surface area contributed by atoms with Crippen LogP contribution in [0.4, 0.5) is 0 Å². The highest BCUT2D eigenvalue weighted by molar-refractivity contribution is 5.95. The highest BCUT2D eigenvalue weighted by atomic mass is 16.1. The summed E-state index contributed by atoms with van der Waals surface area (Å²) in [5, 5.41) is 1.21. The summed E-state index contributed by atoms with van der Waals surface area (Å²) >= 11 is 0. The summed E-state index contributed by atoms with van der Waals surface area (Å²) in [7, 11) is 0. The molecule has 1 saturated carbocycles. The van der Waals surface area contributed by atoms with Gasteiger partial charge in [0.25, 0.3) is 0 Å². The fourth-order valence-corrected chi connectivity index (χ4v) is 4.07. The standard InChI is InChI=1S/C22H22N2O/c1-3-15-12-19(17-7-5-11-24-20(17)13-15)22(9-10-22)18-8-4-6-16(14(18)2)21(23)25/h4-8,11-13H,3,9-10H2,1-2H3,(H2,23,25). The number of rotatable bonds is 4. The molecule has 0 saturated heterocycles. The van der Waals surface area contributed by atoms with Crippen LogP contribution >= 0.6 is 0 Å². The van der Waals surface area contributed by atoms with Crippen molar-refractivity contribution in [1.29, 1.82) is 0 Å². The molecule has 2 aromatic carbocycles. The van der Waals surface area contributed by atoms with E-state index in [0.29, 0.717) is 5.56 Å². The molecule has 0 radical (unpaired) electrons. The molecule has 1 fully saturated rings. The van der Waals surface area contributed by atoms with E-state index in [1.54, 1.807) is 0 Å². The van der Waals surface area contributed by atoms with Gasteiger partial charge in [0.05, 0.1) is 5.52 Å². The molecule has 3 nitrogen and oxygen atoms in total. The summed E-state index contributed by atoms with van der Waals surface area (Å²) in [6.07, 6.45) is 5.01. The normalized spacial score (nSPS) is 15.3. The number of amides is 1. The number of fused-ring (bicyclic) bond motifs is 1. The molecule has 0 bridgehead atoms. The number of hydrogen-bond acceptors (Lipinski definition) is 2. The lowest BCUT2D eigenvalue weighted by molar-refractivity contribution is 0.0999. The molecule has 0 aliphatic heterocycles. The third-order valence-electron chi connectivity index (χ3n) is 5.57. The van der Waals surface area contributed by atoms with Crippen molar-refractivity contribution < 1.29 is 4.79 Å². The van der Waals surface area contributed by atoms with Gasteiger partial charge in [-0.15, -0.1) is 0 Å². The third-order valence-corrected chi connectivity index (χ3v) is 5.57. The lowest BCUT2D eigenvalue weighted by Gasteiger charge is -2.22. The fraction of sp³-hybridized carbons (Fsp3) is 0.273. The maximum absolute atomic E-state index is 11.8. The second-order valence-corrected chi connectivity index (χ2v) is 6.99. The van der Waals surface area contributed by atoms with Crippen LogP contribution in [-0.4, -0.2) is 10.9 Å². The lowest BCUT2D eigenvalue weighted by Crippen LogP contribution is -2.17. The van der Waals surface area contributed by atoms with Crippen molar-refractivity contribution in [2.45, 2.75) is 38.5 Å². The van der Waals surface area contributed by atoms with Crippen LogP contribution in [0.2, 0.25) is 0 Å². The Hall–Kier alpha value is -2.68. The molecule has 0 atom stereocenters. The molecule has 2 N–H and O–H groups in total. The van der Waals surface area contributed by atoms with Crippen molar-refractivity contribution in [3.8, 4) is 0 Å². The molecule has 3 aromatic rings. The van der Waals surface area contributed by atoms with E-state index in [2.05, 4.69) is 36.2 Å². The summed E-state index contributed by atoms with van der Waals surface area (Å²) in [4.78, 5) is 16.4. The van der Waals surface area contributed by atoms with E-state index < -0.39 is 0 Å². The first-order valence-electron chi connectivity index (χ1n) is 8.85. The van der Waals surface area contributed by atoms with Crippen LogP contribution in [0.25, 0.3) is 10.9 Å². The Balaban J connectivity index is 1.98. The molecule has 1 heterocycles. The van der Waals surface area contributed by atoms with Gasteiger partial charge >= 0.3 is 0 Å². The summed E-state index contributed by atoms with van der Waals surface area (Å²) in [6, 6.07) is 14.6. The quantitative estimate of drug-likeness (QED) is 0.776. The molecule has 126 valence electrons. The van der Waals surface area contributed by atoms with Crippen LogP contribution < -0.4 is 5.73 Å². The number of carbonyl (C=O) groups excluding carboxylic acids is 1. The Labute approximate surface area is 147 Å². The maximum Gasteiger partial charge on any atom is 0.248 e. The van der Waals surface area contributed by atoms with E-state index >= 15 is 0 Å². The Bertz CT molecular complexity index is 986. The largest absolute Gasteiger partial charge is 0.366 e. The Morgan fingerprint density at radius 2 is 1.96 bits per heavy atom. The van der Waals surface area contributed by atoms with Crippen LogP contribution in [0, 0.1) is 6.92 Å². The average molecular weight is 330 g/mol. The molecule has 1 amide bonds. The zero-order valence-electron chi connectivity index (χ0n) is 14.7. The predicted molar refractivity (Wildman–Crippen MR) is 101 cm³/mol. The topological polar surface area (TPSA) is 56.0 Å². The van der Waals surface area contributed by atoms with Crippen LogP contribution in [-0.2, 0) is 11.8 Å². The SMILES string of the molecule is CCc1cc(C2(c3cccc(C(N)=O)c3C)CC2)c2cccnc2c1. The fourth-order valence-electron chi connectivity index (χ4n) is 4.07. The number of carbonyl (C=O) groups is 1. The molecular formula is C22H22N2O. The molecular weight excluding hydrogens is 308 g/mol. The molecule has 1 aliphatic carbocycles. The first-order chi connectivity index (χ1) is 12.1. The van der Waals surface area contributed by atoms with Gasteiger partial charge < -0.3 is 5.73 Å². The second kappa shape index (κ2) is 5.69. The number of hydrogen-bond donors (Lipinski definition) is 1. The van der Waals surface area contributed by atoms with Gasteiger partial charge in [-0.05, 0) is 66.6 Å². The number of nitrogens with zero attached hydrogens (tertiary/aromatic N) is 1. The van der Waals surface area contributed by atoms with Crippen LogP contribution in [0.5, 0.6) is 0 Å². The first-order valence-corrected chi connectivity index (χ1v) is 8.85. The summed E-state index contributed by atoms with van der Waals surface area (Å²) in [6.45, 7) is 4.19. The molecule has 3 heteroatoms. The van der Waals surface area contributed by atoms with Gasteiger partial charge in [0, 0.05) is 22.6 Å². The smallest absolute Gasteiger partial charge is 0.248 e. The van der Waals surface area contributed by atoms with Gasteiger partial charge in [-0.2, -0.15) is 0 Å². The molecule has 0 unspecified atom stereocenters. The zero-order chi connectivity index (χ0) is 17.6. The predicted octanol–water partition coefficient (Wildman–Crippen LogP) is 4.28. The number of primary amides is 1. The molecule has 1 aliphatic rings. The minimum atomic E-state index is -0.357. The molecule has 1 aromatic heterocycles. The molecule has 0 spiro atoms. The van der Waals surface area contributed by atoms with Gasteiger partial charge in [0.15, 0.2) is 0 Å². The third kappa shape index (κ3) is 2.42. The van der Waals surface area contributed by atoms with Crippen LogP contribution in [0.3, 0.4) is 0 Å². The molecule has 4 rings (SSSR count). The average Bonchev–Trinajstić information content (AvgIpc) is 3.42. The van der Waals surface area contributed by atoms with Gasteiger partial charge in [-0.3, -0.25) is 9.78 Å². The van der Waals surface area contributed by atoms with Gasteiger partial charge in [0.2, 0.25) is 5.91 Å². The first kappa shape index (κ1) is 15.8. The number of nitrogens with two attached hydrogens (primary N) is 1. The minimum Gasteiger partial charge on any atom is -0.366 e. The van der Waals surface area contributed by atoms with E-state index in [1.807, 2.05) is 31.3 Å². The van der Waals surface area contributed by atoms with Crippen molar-refractivity contribution in [2.24, 2.45) is 5.73 Å². The van der Waals surface area contributed by atoms with Gasteiger partial charge in [-0.25, -0.2) is 0 Å². The highest BCUT2D eigenvalue weighted by Crippen LogP contribution is 2.56. The van der Waals surface area contributed by atoms with Crippen LogP contribution in [0.1, 0.15) is 52.4 Å². The van der Waals surface area contributed by atoms with E-state index in [-0.39, 0.29) is 11.3 Å². The van der Waals surface area contributed by atoms with Crippen molar-refractivity contribution in [2.75, 3.05) is 0 Å². The number of aryl methyl sites for hydroxylation is 1. The van der Waals surface area contributed by atoms with E-state index in [0.717, 1.165) is 30.3 Å². The Morgan fingerprint density at radius 3 is 2.64 bits per heavy atom. The van der Waals surface area contributed by atoms with Crippen molar-refractivity contribution in [1.82, 2.24) is 4.98 Å². The van der Waals surface area contributed by atoms with Crippen molar-refractivity contribution in [3.63, 3.8) is 0 Å². The summed E-state index contributed by atoms with van der Waals surface area (Å²) < 4.78 is 0. The maximum atomic E-state index is 11.8. The zero-order valence-corrected chi connectivity index (χ0v) is 14.7. The summed E-state index contributed by atoms with van der Waals surface area (Å²) in [5.41, 5.74) is 12.1. The van der Waals surface area contributed by atoms with Crippen LogP contribution in [0.15, 0.2) is 48.7 Å². The van der Waals surface area contributed by atoms with Crippen molar-refractivity contribution >= 4 is 16.8 Å². The molecule has 25 heavy (non-hydrogen) atoms. The number of benzene rings is 2. The van der Waals surface area contributed by atoms with Gasteiger partial charge in [0.1, 0.15) is 0 Å². The summed E-state index contributed by atoms with van der Waals surface area (Å²) in [5.74, 6) is -0.357. The monoisotopic (exact) mass is 330 g/mol. The van der Waals surface area contributed by atoms with Crippen molar-refractivity contribution in [3.05, 3.63) is 76.5 Å². The van der Waals surface area contributed by atoms with E-state index in [9.17, 15) is 4.79 Å². The Kier molecular flexibility index (Phi) is 3.60. The Morgan fingerprint density at radius 1 is 1.16 bits per heavy atom. The van der Waals surface area contributed by atoms with E-state index in [1.165, 1.54) is 22.1 Å². The second-order valence-electron chi connectivity index (χ2n) is 6.99.